The zero-order valence-electron chi connectivity index (χ0n) is 10.6. The molecule has 4 heteroatoms. The first kappa shape index (κ1) is 11.0. The van der Waals surface area contributed by atoms with E-state index in [1.165, 1.54) is 0 Å². The lowest BCUT2D eigenvalue weighted by Crippen LogP contribution is -2.07. The maximum atomic E-state index is 5.97. The number of hydrogen-bond donors (Lipinski definition) is 1. The molecular weight excluding hydrogens is 224 g/mol. The minimum Gasteiger partial charge on any atom is -0.382 e. The van der Waals surface area contributed by atoms with Crippen LogP contribution in [0, 0.1) is 5.92 Å². The van der Waals surface area contributed by atoms with Gasteiger partial charge in [-0.1, -0.05) is 32.0 Å². The minimum atomic E-state index is 0.515. The Morgan fingerprint density at radius 2 is 2.06 bits per heavy atom. The number of benzene rings is 1. The molecule has 18 heavy (non-hydrogen) atoms. The molecule has 4 nitrogen and oxygen atoms in total. The van der Waals surface area contributed by atoms with Crippen LogP contribution in [-0.4, -0.2) is 14.8 Å². The van der Waals surface area contributed by atoms with E-state index in [1.54, 1.807) is 0 Å². The Labute approximate surface area is 105 Å². The summed E-state index contributed by atoms with van der Waals surface area (Å²) in [5.41, 5.74) is 7.83. The van der Waals surface area contributed by atoms with Crippen LogP contribution in [0.4, 0.5) is 5.82 Å². The average molecular weight is 240 g/mol. The van der Waals surface area contributed by atoms with Gasteiger partial charge in [0.1, 0.15) is 0 Å². The van der Waals surface area contributed by atoms with Crippen molar-refractivity contribution in [3.05, 3.63) is 30.3 Å². The average Bonchev–Trinajstić information content (AvgIpc) is 2.63. The van der Waals surface area contributed by atoms with Gasteiger partial charge in [0.2, 0.25) is 0 Å². The first-order valence-corrected chi connectivity index (χ1v) is 6.17. The summed E-state index contributed by atoms with van der Waals surface area (Å²) in [7, 11) is 0. The molecule has 0 atom stereocenters. The second kappa shape index (κ2) is 3.98. The quantitative estimate of drug-likeness (QED) is 0.749. The Morgan fingerprint density at radius 3 is 2.83 bits per heavy atom. The van der Waals surface area contributed by atoms with E-state index < -0.39 is 0 Å². The number of aromatic nitrogens is 3. The van der Waals surface area contributed by atoms with E-state index >= 15 is 0 Å². The van der Waals surface area contributed by atoms with Crippen LogP contribution in [0.1, 0.15) is 13.8 Å². The summed E-state index contributed by atoms with van der Waals surface area (Å²) in [4.78, 5) is 4.67. The van der Waals surface area contributed by atoms with Crippen molar-refractivity contribution in [2.45, 2.75) is 20.4 Å². The highest BCUT2D eigenvalue weighted by Gasteiger charge is 2.11. The SMILES string of the molecule is CC(C)Cn1nc(N)c2cc3ccccc3nc21. The molecule has 0 saturated carbocycles. The van der Waals surface area contributed by atoms with Gasteiger partial charge in [-0.25, -0.2) is 9.67 Å². The van der Waals surface area contributed by atoms with E-state index in [1.807, 2.05) is 28.9 Å². The summed E-state index contributed by atoms with van der Waals surface area (Å²) in [6.45, 7) is 5.15. The van der Waals surface area contributed by atoms with E-state index in [0.717, 1.165) is 28.5 Å². The highest BCUT2D eigenvalue weighted by molar-refractivity contribution is 5.96. The van der Waals surface area contributed by atoms with Crippen molar-refractivity contribution in [3.8, 4) is 0 Å². The van der Waals surface area contributed by atoms with Crippen LogP contribution in [0.2, 0.25) is 0 Å². The number of hydrogen-bond acceptors (Lipinski definition) is 3. The number of pyridine rings is 1. The topological polar surface area (TPSA) is 56.7 Å². The maximum Gasteiger partial charge on any atom is 0.160 e. The molecule has 0 aliphatic heterocycles. The molecule has 0 radical (unpaired) electrons. The van der Waals surface area contributed by atoms with Gasteiger partial charge in [0.05, 0.1) is 10.9 Å². The third kappa shape index (κ3) is 1.70. The predicted molar refractivity (Wildman–Crippen MR) is 74.3 cm³/mol. The highest BCUT2D eigenvalue weighted by atomic mass is 15.3. The van der Waals surface area contributed by atoms with Crippen molar-refractivity contribution < 1.29 is 0 Å². The molecule has 0 aliphatic carbocycles. The summed E-state index contributed by atoms with van der Waals surface area (Å²) in [5.74, 6) is 1.07. The zero-order valence-corrected chi connectivity index (χ0v) is 10.6. The molecule has 0 bridgehead atoms. The van der Waals surface area contributed by atoms with Crippen LogP contribution in [0.5, 0.6) is 0 Å². The molecule has 2 N–H and O–H groups in total. The third-order valence-corrected chi connectivity index (χ3v) is 2.99. The second-order valence-corrected chi connectivity index (χ2v) is 5.01. The Hall–Kier alpha value is -2.10. The van der Waals surface area contributed by atoms with Crippen molar-refractivity contribution in [1.29, 1.82) is 0 Å². The molecule has 1 aromatic carbocycles. The fourth-order valence-corrected chi connectivity index (χ4v) is 2.20. The summed E-state index contributed by atoms with van der Waals surface area (Å²) < 4.78 is 1.90. The molecule has 0 fully saturated rings. The van der Waals surface area contributed by atoms with Gasteiger partial charge < -0.3 is 5.73 Å². The van der Waals surface area contributed by atoms with E-state index in [0.29, 0.717) is 11.7 Å². The van der Waals surface area contributed by atoms with E-state index in [-0.39, 0.29) is 0 Å². The first-order valence-electron chi connectivity index (χ1n) is 6.17. The second-order valence-electron chi connectivity index (χ2n) is 5.01. The van der Waals surface area contributed by atoms with Gasteiger partial charge in [0.15, 0.2) is 11.5 Å². The van der Waals surface area contributed by atoms with Crippen LogP contribution in [0.25, 0.3) is 21.9 Å². The molecule has 2 aromatic heterocycles. The summed E-state index contributed by atoms with van der Waals surface area (Å²) >= 11 is 0. The molecule has 2 heterocycles. The van der Waals surface area contributed by atoms with Crippen LogP contribution >= 0.6 is 0 Å². The molecular formula is C14H16N4. The molecule has 0 unspecified atom stereocenters. The fraction of sp³-hybridized carbons (Fsp3) is 0.286. The van der Waals surface area contributed by atoms with Gasteiger partial charge in [-0.2, -0.15) is 5.10 Å². The standard InChI is InChI=1S/C14H16N4/c1-9(2)8-18-14-11(13(15)17-18)7-10-5-3-4-6-12(10)16-14/h3-7,9H,8H2,1-2H3,(H2,15,17). The zero-order chi connectivity index (χ0) is 12.7. The molecule has 3 rings (SSSR count). The number of nitrogen functional groups attached to an aromatic ring is 1. The lowest BCUT2D eigenvalue weighted by molar-refractivity contribution is 0.494. The molecule has 0 aliphatic rings. The summed E-state index contributed by atoms with van der Waals surface area (Å²) in [5, 5.41) is 6.42. The van der Waals surface area contributed by atoms with Gasteiger partial charge in [0, 0.05) is 11.9 Å². The normalized spacial score (nSPS) is 11.7. The number of nitrogens with zero attached hydrogens (tertiary/aromatic N) is 3. The number of fused-ring (bicyclic) bond motifs is 2. The molecule has 0 saturated heterocycles. The largest absolute Gasteiger partial charge is 0.382 e. The van der Waals surface area contributed by atoms with Gasteiger partial charge in [-0.3, -0.25) is 0 Å². The van der Waals surface area contributed by atoms with E-state index in [2.05, 4.69) is 30.0 Å². The van der Waals surface area contributed by atoms with Gasteiger partial charge in [0.25, 0.3) is 0 Å². The third-order valence-electron chi connectivity index (χ3n) is 2.99. The van der Waals surface area contributed by atoms with Crippen LogP contribution in [-0.2, 0) is 6.54 Å². The minimum absolute atomic E-state index is 0.515. The van der Waals surface area contributed by atoms with E-state index in [4.69, 9.17) is 5.73 Å². The van der Waals surface area contributed by atoms with Crippen molar-refractivity contribution in [1.82, 2.24) is 14.8 Å². The monoisotopic (exact) mass is 240 g/mol. The van der Waals surface area contributed by atoms with Crippen LogP contribution in [0.15, 0.2) is 30.3 Å². The van der Waals surface area contributed by atoms with Crippen LogP contribution in [0.3, 0.4) is 0 Å². The Balaban J connectivity index is 2.30. The molecule has 92 valence electrons. The number of anilines is 1. The van der Waals surface area contributed by atoms with Gasteiger partial charge >= 0.3 is 0 Å². The number of rotatable bonds is 2. The lowest BCUT2D eigenvalue weighted by atomic mass is 10.2. The van der Waals surface area contributed by atoms with Gasteiger partial charge in [-0.15, -0.1) is 0 Å². The lowest BCUT2D eigenvalue weighted by Gasteiger charge is -2.05. The van der Waals surface area contributed by atoms with Crippen molar-refractivity contribution in [2.75, 3.05) is 5.73 Å². The Morgan fingerprint density at radius 1 is 1.28 bits per heavy atom. The predicted octanol–water partition coefficient (Wildman–Crippen LogP) is 2.82. The van der Waals surface area contributed by atoms with Crippen LogP contribution < -0.4 is 5.73 Å². The number of para-hydroxylation sites is 1. The molecule has 0 spiro atoms. The van der Waals surface area contributed by atoms with Gasteiger partial charge in [-0.05, 0) is 18.1 Å². The van der Waals surface area contributed by atoms with Crippen molar-refractivity contribution in [3.63, 3.8) is 0 Å². The fourth-order valence-electron chi connectivity index (χ4n) is 2.20. The number of nitrogens with two attached hydrogens (primary N) is 1. The summed E-state index contributed by atoms with van der Waals surface area (Å²) in [6, 6.07) is 10.1. The molecule has 0 amide bonds. The highest BCUT2D eigenvalue weighted by Crippen LogP contribution is 2.24. The first-order chi connectivity index (χ1) is 8.65. The maximum absolute atomic E-state index is 5.97. The van der Waals surface area contributed by atoms with E-state index in [9.17, 15) is 0 Å². The van der Waals surface area contributed by atoms with Crippen molar-refractivity contribution >= 4 is 27.8 Å². The van der Waals surface area contributed by atoms with Crippen molar-refractivity contribution in [2.24, 2.45) is 5.92 Å². The summed E-state index contributed by atoms with van der Waals surface area (Å²) in [6.07, 6.45) is 0. The smallest absolute Gasteiger partial charge is 0.160 e. The Bertz CT molecular complexity index is 712. The Kier molecular flexibility index (Phi) is 2.44. The molecule has 3 aromatic rings.